The quantitative estimate of drug-likeness (QED) is 0.474. The van der Waals surface area contributed by atoms with Crippen LogP contribution in [0, 0.1) is 11.8 Å². The van der Waals surface area contributed by atoms with E-state index in [9.17, 15) is 0 Å². The van der Waals surface area contributed by atoms with Crippen LogP contribution in [0.1, 0.15) is 82.8 Å². The molecule has 1 heteroatoms. The Labute approximate surface area is 160 Å². The average Bonchev–Trinajstić information content (AvgIpc) is 2.69. The molecule has 1 aliphatic carbocycles. The normalized spacial score (nSPS) is 23.1. The Bertz CT molecular complexity index is 656. The number of hydrogen-bond donors (Lipinski definition) is 0. The molecule has 0 spiro atoms. The molecule has 0 radical (unpaired) electrons. The van der Waals surface area contributed by atoms with Crippen molar-refractivity contribution in [2.45, 2.75) is 78.1 Å². The molecule has 3 rings (SSSR count). The van der Waals surface area contributed by atoms with Crippen LogP contribution in [-0.4, -0.2) is 4.98 Å². The molecule has 3 unspecified atom stereocenters. The first-order chi connectivity index (χ1) is 12.7. The van der Waals surface area contributed by atoms with Gasteiger partial charge in [0.05, 0.1) is 5.69 Å². The highest BCUT2D eigenvalue weighted by Crippen LogP contribution is 2.41. The van der Waals surface area contributed by atoms with Crippen LogP contribution in [0.5, 0.6) is 0 Å². The molecule has 1 aliphatic rings. The smallest absolute Gasteiger partial charge is 0.0702 e. The van der Waals surface area contributed by atoms with Crippen molar-refractivity contribution in [1.82, 2.24) is 4.98 Å². The molecule has 26 heavy (non-hydrogen) atoms. The molecule has 0 amide bonds. The van der Waals surface area contributed by atoms with Crippen LogP contribution in [0.4, 0.5) is 0 Å². The fraction of sp³-hybridized carbons (Fsp3) is 0.560. The molecule has 0 N–H and O–H groups in total. The van der Waals surface area contributed by atoms with E-state index in [-0.39, 0.29) is 0 Å². The van der Waals surface area contributed by atoms with Crippen molar-refractivity contribution in [2.24, 2.45) is 11.8 Å². The summed E-state index contributed by atoms with van der Waals surface area (Å²) < 4.78 is 0. The van der Waals surface area contributed by atoms with Crippen LogP contribution < -0.4 is 0 Å². The SMILES string of the molecule is CCCCCC1CCC(c2ccc(-c3ccc(CC)cn3)cc2)CC1C. The van der Waals surface area contributed by atoms with Gasteiger partial charge in [-0.3, -0.25) is 4.98 Å². The van der Waals surface area contributed by atoms with Gasteiger partial charge in [-0.2, -0.15) is 0 Å². The molecule has 3 atom stereocenters. The number of benzene rings is 1. The molecule has 1 fully saturated rings. The van der Waals surface area contributed by atoms with Gasteiger partial charge in [-0.15, -0.1) is 0 Å². The summed E-state index contributed by atoms with van der Waals surface area (Å²) in [6.45, 7) is 6.96. The van der Waals surface area contributed by atoms with Gasteiger partial charge in [0.25, 0.3) is 0 Å². The number of aromatic nitrogens is 1. The van der Waals surface area contributed by atoms with E-state index in [0.29, 0.717) is 0 Å². The molecule has 140 valence electrons. The van der Waals surface area contributed by atoms with Crippen LogP contribution in [0.25, 0.3) is 11.3 Å². The predicted molar refractivity (Wildman–Crippen MR) is 112 cm³/mol. The number of nitrogens with zero attached hydrogens (tertiary/aromatic N) is 1. The van der Waals surface area contributed by atoms with E-state index in [4.69, 9.17) is 0 Å². The molecular weight excluding hydrogens is 314 g/mol. The first-order valence-corrected chi connectivity index (χ1v) is 10.8. The summed E-state index contributed by atoms with van der Waals surface area (Å²) in [6, 6.07) is 13.6. The third-order valence-electron chi connectivity index (χ3n) is 6.44. The number of pyridine rings is 1. The van der Waals surface area contributed by atoms with Gasteiger partial charge in [0.2, 0.25) is 0 Å². The van der Waals surface area contributed by atoms with Crippen LogP contribution in [0.15, 0.2) is 42.6 Å². The summed E-state index contributed by atoms with van der Waals surface area (Å²) in [6.07, 6.45) is 12.8. The van der Waals surface area contributed by atoms with Gasteiger partial charge in [-0.05, 0) is 60.6 Å². The lowest BCUT2D eigenvalue weighted by atomic mass is 9.71. The van der Waals surface area contributed by atoms with Crippen molar-refractivity contribution in [2.75, 3.05) is 0 Å². The summed E-state index contributed by atoms with van der Waals surface area (Å²) in [5.74, 6) is 2.57. The Kier molecular flexibility index (Phi) is 6.88. The van der Waals surface area contributed by atoms with Gasteiger partial charge in [0.15, 0.2) is 0 Å². The van der Waals surface area contributed by atoms with E-state index in [1.165, 1.54) is 61.6 Å². The molecule has 1 heterocycles. The molecule has 1 nitrogen and oxygen atoms in total. The van der Waals surface area contributed by atoms with Gasteiger partial charge in [0, 0.05) is 11.8 Å². The van der Waals surface area contributed by atoms with Crippen molar-refractivity contribution in [3.63, 3.8) is 0 Å². The summed E-state index contributed by atoms with van der Waals surface area (Å²) in [7, 11) is 0. The second-order valence-corrected chi connectivity index (χ2v) is 8.27. The van der Waals surface area contributed by atoms with Crippen molar-refractivity contribution in [1.29, 1.82) is 0 Å². The number of aryl methyl sites for hydroxylation is 1. The zero-order chi connectivity index (χ0) is 18.4. The zero-order valence-corrected chi connectivity index (χ0v) is 16.9. The summed E-state index contributed by atoms with van der Waals surface area (Å²) in [5, 5.41) is 0. The van der Waals surface area contributed by atoms with E-state index in [0.717, 1.165) is 29.9 Å². The maximum atomic E-state index is 4.62. The van der Waals surface area contributed by atoms with Gasteiger partial charge in [-0.25, -0.2) is 0 Å². The topological polar surface area (TPSA) is 12.9 Å². The third kappa shape index (κ3) is 4.75. The first kappa shape index (κ1) is 19.1. The van der Waals surface area contributed by atoms with E-state index in [1.807, 2.05) is 6.20 Å². The van der Waals surface area contributed by atoms with Crippen LogP contribution in [-0.2, 0) is 6.42 Å². The Hall–Kier alpha value is -1.63. The van der Waals surface area contributed by atoms with Crippen molar-refractivity contribution < 1.29 is 0 Å². The standard InChI is InChI=1S/C25H35N/c1-4-6-7-8-21-10-15-24(17-19(21)3)22-11-13-23(14-12-22)25-16-9-20(5-2)18-26-25/h9,11-14,16,18-19,21,24H,4-8,10,15,17H2,1-3H3. The number of unbranched alkanes of at least 4 members (excludes halogenated alkanes) is 2. The molecule has 0 saturated heterocycles. The van der Waals surface area contributed by atoms with Crippen molar-refractivity contribution in [3.8, 4) is 11.3 Å². The highest BCUT2D eigenvalue weighted by atomic mass is 14.7. The Morgan fingerprint density at radius 1 is 0.962 bits per heavy atom. The highest BCUT2D eigenvalue weighted by molar-refractivity contribution is 5.59. The largest absolute Gasteiger partial charge is 0.256 e. The second kappa shape index (κ2) is 9.35. The van der Waals surface area contributed by atoms with Crippen molar-refractivity contribution in [3.05, 3.63) is 53.7 Å². The summed E-state index contributed by atoms with van der Waals surface area (Å²) in [5.41, 5.74) is 5.15. The van der Waals surface area contributed by atoms with E-state index < -0.39 is 0 Å². The fourth-order valence-electron chi connectivity index (χ4n) is 4.58. The average molecular weight is 350 g/mol. The maximum Gasteiger partial charge on any atom is 0.0702 e. The number of rotatable bonds is 7. The summed E-state index contributed by atoms with van der Waals surface area (Å²) >= 11 is 0. The predicted octanol–water partition coefficient (Wildman–Crippen LogP) is 7.41. The van der Waals surface area contributed by atoms with Gasteiger partial charge in [-0.1, -0.05) is 76.8 Å². The molecule has 1 saturated carbocycles. The maximum absolute atomic E-state index is 4.62. The van der Waals surface area contributed by atoms with E-state index in [1.54, 1.807) is 0 Å². The highest BCUT2D eigenvalue weighted by Gasteiger charge is 2.27. The Morgan fingerprint density at radius 3 is 2.38 bits per heavy atom. The molecule has 1 aromatic carbocycles. The monoisotopic (exact) mass is 349 g/mol. The minimum Gasteiger partial charge on any atom is -0.256 e. The van der Waals surface area contributed by atoms with Gasteiger partial charge in [0.1, 0.15) is 0 Å². The van der Waals surface area contributed by atoms with Gasteiger partial charge >= 0.3 is 0 Å². The molecule has 1 aromatic heterocycles. The van der Waals surface area contributed by atoms with Gasteiger partial charge < -0.3 is 0 Å². The lowest BCUT2D eigenvalue weighted by Gasteiger charge is -2.34. The second-order valence-electron chi connectivity index (χ2n) is 8.27. The molecule has 2 aromatic rings. The van der Waals surface area contributed by atoms with Crippen LogP contribution in [0.2, 0.25) is 0 Å². The first-order valence-electron chi connectivity index (χ1n) is 10.8. The molecular formula is C25H35N. The van der Waals surface area contributed by atoms with Crippen LogP contribution >= 0.6 is 0 Å². The molecule has 0 bridgehead atoms. The fourth-order valence-corrected chi connectivity index (χ4v) is 4.58. The van der Waals surface area contributed by atoms with Crippen LogP contribution in [0.3, 0.4) is 0 Å². The molecule has 0 aliphatic heterocycles. The Balaban J connectivity index is 1.60. The Morgan fingerprint density at radius 2 is 1.77 bits per heavy atom. The lowest BCUT2D eigenvalue weighted by Crippen LogP contribution is -2.22. The van der Waals surface area contributed by atoms with E-state index >= 15 is 0 Å². The minimum absolute atomic E-state index is 0.747. The zero-order valence-electron chi connectivity index (χ0n) is 16.9. The van der Waals surface area contributed by atoms with Crippen molar-refractivity contribution >= 4 is 0 Å². The minimum atomic E-state index is 0.747. The lowest BCUT2D eigenvalue weighted by molar-refractivity contribution is 0.215. The number of hydrogen-bond acceptors (Lipinski definition) is 1. The van der Waals surface area contributed by atoms with E-state index in [2.05, 4.69) is 62.2 Å². The summed E-state index contributed by atoms with van der Waals surface area (Å²) in [4.78, 5) is 4.62. The third-order valence-corrected chi connectivity index (χ3v) is 6.44.